The molecule has 1 unspecified atom stereocenters. The molecule has 0 amide bonds. The Morgan fingerprint density at radius 3 is 2.57 bits per heavy atom. The highest BCUT2D eigenvalue weighted by atomic mass is 35.5. The Hall–Kier alpha value is -0.860. The lowest BCUT2D eigenvalue weighted by Gasteiger charge is -2.05. The van der Waals surface area contributed by atoms with Crippen LogP contribution >= 0.6 is 22.9 Å². The van der Waals surface area contributed by atoms with Crippen LogP contribution in [0.2, 0.25) is 0 Å². The van der Waals surface area contributed by atoms with Crippen LogP contribution in [0.25, 0.3) is 0 Å². The fourth-order valence-electron chi connectivity index (χ4n) is 1.25. The van der Waals surface area contributed by atoms with E-state index in [2.05, 4.69) is 4.98 Å². The van der Waals surface area contributed by atoms with Crippen molar-refractivity contribution in [2.45, 2.75) is 12.3 Å². The van der Waals surface area contributed by atoms with Gasteiger partial charge >= 0.3 is 0 Å². The van der Waals surface area contributed by atoms with Crippen LogP contribution in [0, 0.1) is 6.92 Å². The summed E-state index contributed by atoms with van der Waals surface area (Å²) in [6, 6.07) is 10.0. The number of alkyl halides is 1. The van der Waals surface area contributed by atoms with Gasteiger partial charge in [0.25, 0.3) is 0 Å². The molecule has 0 spiro atoms. The molecule has 0 saturated heterocycles. The first kappa shape index (κ1) is 9.69. The standard InChI is InChI=1S/C11H10ClNS/c1-8-7-14-11(13-8)10(12)9-5-3-2-4-6-9/h2-7,10H,1H3. The molecule has 3 heteroatoms. The van der Waals surface area contributed by atoms with E-state index in [1.807, 2.05) is 42.6 Å². The van der Waals surface area contributed by atoms with Gasteiger partial charge in [-0.3, -0.25) is 0 Å². The molecule has 1 aromatic heterocycles. The molecule has 1 heterocycles. The number of thiazole rings is 1. The molecule has 0 fully saturated rings. The van der Waals surface area contributed by atoms with Crippen molar-refractivity contribution in [2.75, 3.05) is 0 Å². The van der Waals surface area contributed by atoms with Gasteiger partial charge in [0, 0.05) is 11.1 Å². The van der Waals surface area contributed by atoms with Gasteiger partial charge in [0.15, 0.2) is 0 Å². The fourth-order valence-corrected chi connectivity index (χ4v) is 2.40. The molecule has 2 rings (SSSR count). The van der Waals surface area contributed by atoms with Gasteiger partial charge in [-0.05, 0) is 12.5 Å². The minimum Gasteiger partial charge on any atom is -0.245 e. The summed E-state index contributed by atoms with van der Waals surface area (Å²) in [5, 5.41) is 2.87. The molecular formula is C11H10ClNS. The van der Waals surface area contributed by atoms with E-state index in [9.17, 15) is 0 Å². The Morgan fingerprint density at radius 1 is 1.29 bits per heavy atom. The number of nitrogens with zero attached hydrogens (tertiary/aromatic N) is 1. The highest BCUT2D eigenvalue weighted by molar-refractivity contribution is 7.10. The maximum atomic E-state index is 6.29. The third-order valence-electron chi connectivity index (χ3n) is 1.95. The molecule has 0 N–H and O–H groups in total. The first-order valence-electron chi connectivity index (χ1n) is 4.38. The lowest BCUT2D eigenvalue weighted by atomic mass is 10.1. The maximum absolute atomic E-state index is 6.29. The Morgan fingerprint density at radius 2 is 2.00 bits per heavy atom. The molecule has 14 heavy (non-hydrogen) atoms. The second-order valence-electron chi connectivity index (χ2n) is 3.10. The van der Waals surface area contributed by atoms with Crippen LogP contribution in [0.15, 0.2) is 35.7 Å². The van der Waals surface area contributed by atoms with E-state index in [1.54, 1.807) is 11.3 Å². The number of halogens is 1. The topological polar surface area (TPSA) is 12.9 Å². The van der Waals surface area contributed by atoms with Crippen molar-refractivity contribution in [3.63, 3.8) is 0 Å². The zero-order valence-corrected chi connectivity index (χ0v) is 9.35. The Balaban J connectivity index is 2.29. The third kappa shape index (κ3) is 1.97. The first-order valence-corrected chi connectivity index (χ1v) is 5.70. The molecule has 0 aliphatic carbocycles. The summed E-state index contributed by atoms with van der Waals surface area (Å²) in [4.78, 5) is 4.37. The van der Waals surface area contributed by atoms with Gasteiger partial charge in [-0.25, -0.2) is 4.98 Å². The quantitative estimate of drug-likeness (QED) is 0.707. The summed E-state index contributed by atoms with van der Waals surface area (Å²) >= 11 is 7.90. The van der Waals surface area contributed by atoms with Crippen molar-refractivity contribution in [1.82, 2.24) is 4.98 Å². The molecule has 0 saturated carbocycles. The van der Waals surface area contributed by atoms with Crippen LogP contribution in [0.5, 0.6) is 0 Å². The molecule has 72 valence electrons. The van der Waals surface area contributed by atoms with Gasteiger partial charge < -0.3 is 0 Å². The van der Waals surface area contributed by atoms with Crippen molar-refractivity contribution in [3.05, 3.63) is 52.0 Å². The molecule has 1 aromatic carbocycles. The number of benzene rings is 1. The summed E-state index contributed by atoms with van der Waals surface area (Å²) in [5.74, 6) is 0. The van der Waals surface area contributed by atoms with Gasteiger partial charge in [0.05, 0.1) is 0 Å². The van der Waals surface area contributed by atoms with E-state index >= 15 is 0 Å². The Bertz CT molecular complexity index is 410. The minimum absolute atomic E-state index is 0.116. The van der Waals surface area contributed by atoms with Crippen LogP contribution in [-0.4, -0.2) is 4.98 Å². The number of aromatic nitrogens is 1. The van der Waals surface area contributed by atoms with Gasteiger partial charge in [-0.2, -0.15) is 0 Å². The van der Waals surface area contributed by atoms with E-state index < -0.39 is 0 Å². The second kappa shape index (κ2) is 4.11. The van der Waals surface area contributed by atoms with Gasteiger partial charge in [-0.15, -0.1) is 22.9 Å². The SMILES string of the molecule is Cc1csc(C(Cl)c2ccccc2)n1. The largest absolute Gasteiger partial charge is 0.245 e. The number of hydrogen-bond donors (Lipinski definition) is 0. The summed E-state index contributed by atoms with van der Waals surface area (Å²) in [7, 11) is 0. The van der Waals surface area contributed by atoms with E-state index in [-0.39, 0.29) is 5.38 Å². The summed E-state index contributed by atoms with van der Waals surface area (Å²) in [6.07, 6.45) is 0. The highest BCUT2D eigenvalue weighted by Crippen LogP contribution is 2.30. The van der Waals surface area contributed by atoms with Crippen molar-refractivity contribution in [3.8, 4) is 0 Å². The molecular weight excluding hydrogens is 214 g/mol. The Labute approximate surface area is 92.4 Å². The minimum atomic E-state index is -0.116. The van der Waals surface area contributed by atoms with Gasteiger partial charge in [0.1, 0.15) is 10.4 Å². The lowest BCUT2D eigenvalue weighted by Crippen LogP contribution is -1.91. The van der Waals surface area contributed by atoms with Gasteiger partial charge in [-0.1, -0.05) is 30.3 Å². The number of rotatable bonds is 2. The first-order chi connectivity index (χ1) is 6.77. The normalized spacial score (nSPS) is 12.7. The van der Waals surface area contributed by atoms with Crippen LogP contribution in [-0.2, 0) is 0 Å². The zero-order valence-electron chi connectivity index (χ0n) is 7.77. The average molecular weight is 224 g/mol. The molecule has 0 bridgehead atoms. The van der Waals surface area contributed by atoms with Gasteiger partial charge in [0.2, 0.25) is 0 Å². The second-order valence-corrected chi connectivity index (χ2v) is 4.43. The van der Waals surface area contributed by atoms with Crippen molar-refractivity contribution >= 4 is 22.9 Å². The fraction of sp³-hybridized carbons (Fsp3) is 0.182. The van der Waals surface area contributed by atoms with E-state index in [1.165, 1.54) is 0 Å². The van der Waals surface area contributed by atoms with Crippen LogP contribution in [0.3, 0.4) is 0 Å². The molecule has 1 nitrogen and oxygen atoms in total. The summed E-state index contributed by atoms with van der Waals surface area (Å²) in [5.41, 5.74) is 2.13. The maximum Gasteiger partial charge on any atom is 0.115 e. The molecule has 2 aromatic rings. The van der Waals surface area contributed by atoms with E-state index in [0.29, 0.717) is 0 Å². The lowest BCUT2D eigenvalue weighted by molar-refractivity contribution is 1.07. The number of hydrogen-bond acceptors (Lipinski definition) is 2. The highest BCUT2D eigenvalue weighted by Gasteiger charge is 2.13. The van der Waals surface area contributed by atoms with Crippen LogP contribution in [0.1, 0.15) is 21.6 Å². The Kier molecular flexibility index (Phi) is 2.85. The molecule has 0 aliphatic heterocycles. The van der Waals surface area contributed by atoms with Crippen molar-refractivity contribution in [2.24, 2.45) is 0 Å². The monoisotopic (exact) mass is 223 g/mol. The van der Waals surface area contributed by atoms with E-state index in [4.69, 9.17) is 11.6 Å². The van der Waals surface area contributed by atoms with Crippen molar-refractivity contribution < 1.29 is 0 Å². The average Bonchev–Trinajstić information content (AvgIpc) is 2.65. The smallest absolute Gasteiger partial charge is 0.115 e. The third-order valence-corrected chi connectivity index (χ3v) is 3.56. The van der Waals surface area contributed by atoms with Crippen LogP contribution < -0.4 is 0 Å². The summed E-state index contributed by atoms with van der Waals surface area (Å²) < 4.78 is 0. The van der Waals surface area contributed by atoms with Crippen molar-refractivity contribution in [1.29, 1.82) is 0 Å². The summed E-state index contributed by atoms with van der Waals surface area (Å²) in [6.45, 7) is 1.98. The molecule has 0 aliphatic rings. The van der Waals surface area contributed by atoms with Crippen LogP contribution in [0.4, 0.5) is 0 Å². The predicted molar refractivity (Wildman–Crippen MR) is 61.0 cm³/mol. The zero-order chi connectivity index (χ0) is 9.97. The molecule has 1 atom stereocenters. The predicted octanol–water partition coefficient (Wildman–Crippen LogP) is 3.78. The molecule has 0 radical (unpaired) electrons. The van der Waals surface area contributed by atoms with E-state index in [0.717, 1.165) is 16.3 Å². The number of aryl methyl sites for hydroxylation is 1.